The van der Waals surface area contributed by atoms with E-state index < -0.39 is 35.9 Å². The number of benzene rings is 2. The van der Waals surface area contributed by atoms with Crippen molar-refractivity contribution in [1.82, 2.24) is 0 Å². The average Bonchev–Trinajstić information content (AvgIpc) is 2.54. The number of hydrogen-bond donors (Lipinski definition) is 2. The van der Waals surface area contributed by atoms with Gasteiger partial charge >= 0.3 is 12.1 Å². The number of nitrogens with two attached hydrogens (primary N) is 1. The van der Waals surface area contributed by atoms with Crippen LogP contribution in [0.3, 0.4) is 0 Å². The van der Waals surface area contributed by atoms with Crippen molar-refractivity contribution in [3.05, 3.63) is 58.6 Å². The Morgan fingerprint density at radius 1 is 1.12 bits per heavy atom. The first-order chi connectivity index (χ1) is 11.7. The molecule has 0 aliphatic rings. The molecule has 3 N–H and O–H groups in total. The standard InChI is InChI=1S/C16H12ClF3N2O3/c17-10-2-4-11(5-3-10)22-14(23)8-25-15(24)12-6-1-9(7-13(12)21)16(18,19)20/h1-7H,8,21H2,(H,22,23). The number of anilines is 2. The Kier molecular flexibility index (Phi) is 5.53. The van der Waals surface area contributed by atoms with E-state index in [0.29, 0.717) is 22.8 Å². The van der Waals surface area contributed by atoms with Crippen molar-refractivity contribution < 1.29 is 27.5 Å². The summed E-state index contributed by atoms with van der Waals surface area (Å²) >= 11 is 5.71. The molecule has 2 rings (SSSR count). The highest BCUT2D eigenvalue weighted by Crippen LogP contribution is 2.31. The van der Waals surface area contributed by atoms with Crippen LogP contribution in [0.2, 0.25) is 5.02 Å². The molecule has 25 heavy (non-hydrogen) atoms. The molecule has 0 aliphatic heterocycles. The molecular formula is C16H12ClF3N2O3. The predicted molar refractivity (Wildman–Crippen MR) is 86.2 cm³/mol. The van der Waals surface area contributed by atoms with Crippen LogP contribution < -0.4 is 11.1 Å². The molecule has 0 bridgehead atoms. The lowest BCUT2D eigenvalue weighted by Crippen LogP contribution is -2.21. The summed E-state index contributed by atoms with van der Waals surface area (Å²) in [6.45, 7) is -0.623. The largest absolute Gasteiger partial charge is 0.452 e. The van der Waals surface area contributed by atoms with Crippen molar-refractivity contribution in [2.24, 2.45) is 0 Å². The second kappa shape index (κ2) is 7.43. The van der Waals surface area contributed by atoms with Gasteiger partial charge in [-0.2, -0.15) is 13.2 Å². The number of halogens is 4. The molecule has 9 heteroatoms. The van der Waals surface area contributed by atoms with E-state index in [1.165, 1.54) is 0 Å². The summed E-state index contributed by atoms with van der Waals surface area (Å²) in [5.74, 6) is -1.63. The van der Waals surface area contributed by atoms with Crippen molar-refractivity contribution in [2.75, 3.05) is 17.7 Å². The third-order valence-electron chi connectivity index (χ3n) is 3.06. The molecule has 2 aromatic carbocycles. The fourth-order valence-electron chi connectivity index (χ4n) is 1.86. The maximum atomic E-state index is 12.6. The van der Waals surface area contributed by atoms with Crippen LogP contribution in [0, 0.1) is 0 Å². The molecule has 0 aliphatic carbocycles. The zero-order valence-corrected chi connectivity index (χ0v) is 13.3. The molecule has 0 aromatic heterocycles. The smallest absolute Gasteiger partial charge is 0.416 e. The molecule has 0 unspecified atom stereocenters. The SMILES string of the molecule is Nc1cc(C(F)(F)F)ccc1C(=O)OCC(=O)Nc1ccc(Cl)cc1. The van der Waals surface area contributed by atoms with E-state index in [9.17, 15) is 22.8 Å². The summed E-state index contributed by atoms with van der Waals surface area (Å²) in [5.41, 5.74) is 4.26. The number of hydrogen-bond acceptors (Lipinski definition) is 4. The highest BCUT2D eigenvalue weighted by Gasteiger charge is 2.31. The summed E-state index contributed by atoms with van der Waals surface area (Å²) in [6, 6.07) is 8.46. The van der Waals surface area contributed by atoms with Gasteiger partial charge in [-0.15, -0.1) is 0 Å². The lowest BCUT2D eigenvalue weighted by atomic mass is 10.1. The van der Waals surface area contributed by atoms with Gasteiger partial charge in [-0.05, 0) is 42.5 Å². The van der Waals surface area contributed by atoms with E-state index in [1.54, 1.807) is 24.3 Å². The predicted octanol–water partition coefficient (Wildman–Crippen LogP) is 3.74. The number of nitrogen functional groups attached to an aromatic ring is 1. The molecule has 0 atom stereocenters. The summed E-state index contributed by atoms with van der Waals surface area (Å²) in [4.78, 5) is 23.5. The van der Waals surface area contributed by atoms with Gasteiger partial charge in [0.05, 0.1) is 11.1 Å². The minimum atomic E-state index is -4.57. The van der Waals surface area contributed by atoms with E-state index in [2.05, 4.69) is 5.32 Å². The van der Waals surface area contributed by atoms with E-state index >= 15 is 0 Å². The zero-order valence-electron chi connectivity index (χ0n) is 12.6. The monoisotopic (exact) mass is 372 g/mol. The number of carbonyl (C=O) groups excluding carboxylic acids is 2. The topological polar surface area (TPSA) is 81.4 Å². The van der Waals surface area contributed by atoms with Crippen LogP contribution in [0.15, 0.2) is 42.5 Å². The van der Waals surface area contributed by atoms with Gasteiger partial charge in [-0.1, -0.05) is 11.6 Å². The third-order valence-corrected chi connectivity index (χ3v) is 3.31. The number of nitrogens with one attached hydrogen (secondary N) is 1. The van der Waals surface area contributed by atoms with E-state index in [-0.39, 0.29) is 5.56 Å². The van der Waals surface area contributed by atoms with Crippen molar-refractivity contribution in [1.29, 1.82) is 0 Å². The Morgan fingerprint density at radius 3 is 2.32 bits per heavy atom. The first-order valence-electron chi connectivity index (χ1n) is 6.86. The quantitative estimate of drug-likeness (QED) is 0.633. The maximum absolute atomic E-state index is 12.6. The first kappa shape index (κ1) is 18.6. The van der Waals surface area contributed by atoms with Gasteiger partial charge in [-0.3, -0.25) is 4.79 Å². The summed E-state index contributed by atoms with van der Waals surface area (Å²) in [5, 5.41) is 2.95. The van der Waals surface area contributed by atoms with Gasteiger partial charge in [0.2, 0.25) is 0 Å². The van der Waals surface area contributed by atoms with E-state index in [4.69, 9.17) is 22.1 Å². The third kappa shape index (κ3) is 5.12. The van der Waals surface area contributed by atoms with E-state index in [1.807, 2.05) is 0 Å². The molecule has 2 aromatic rings. The molecule has 0 fully saturated rings. The number of amides is 1. The number of esters is 1. The van der Waals surface area contributed by atoms with Crippen LogP contribution in [0.1, 0.15) is 15.9 Å². The van der Waals surface area contributed by atoms with Crippen LogP contribution >= 0.6 is 11.6 Å². The van der Waals surface area contributed by atoms with Gasteiger partial charge in [-0.25, -0.2) is 4.79 Å². The van der Waals surface area contributed by atoms with Crippen LogP contribution in [-0.2, 0) is 15.7 Å². The molecule has 5 nitrogen and oxygen atoms in total. The lowest BCUT2D eigenvalue weighted by molar-refractivity contribution is -0.137. The zero-order chi connectivity index (χ0) is 18.6. The summed E-state index contributed by atoms with van der Waals surface area (Å²) < 4.78 is 42.4. The number of carbonyl (C=O) groups is 2. The van der Waals surface area contributed by atoms with Crippen molar-refractivity contribution in [3.63, 3.8) is 0 Å². The Hall–Kier alpha value is -2.74. The van der Waals surface area contributed by atoms with Crippen molar-refractivity contribution in [2.45, 2.75) is 6.18 Å². The van der Waals surface area contributed by atoms with Crippen molar-refractivity contribution in [3.8, 4) is 0 Å². The maximum Gasteiger partial charge on any atom is 0.416 e. The number of alkyl halides is 3. The first-order valence-corrected chi connectivity index (χ1v) is 7.24. The normalized spacial score (nSPS) is 11.0. The number of rotatable bonds is 4. The Morgan fingerprint density at radius 2 is 1.76 bits per heavy atom. The highest BCUT2D eigenvalue weighted by atomic mass is 35.5. The fourth-order valence-corrected chi connectivity index (χ4v) is 1.99. The second-order valence-corrected chi connectivity index (χ2v) is 5.37. The van der Waals surface area contributed by atoms with Crippen LogP contribution in [0.5, 0.6) is 0 Å². The lowest BCUT2D eigenvalue weighted by Gasteiger charge is -2.11. The molecule has 0 saturated heterocycles. The van der Waals surface area contributed by atoms with Crippen LogP contribution in [0.4, 0.5) is 24.5 Å². The fraction of sp³-hybridized carbons (Fsp3) is 0.125. The van der Waals surface area contributed by atoms with Gasteiger partial charge in [0.25, 0.3) is 5.91 Å². The van der Waals surface area contributed by atoms with Crippen molar-refractivity contribution >= 4 is 34.9 Å². The highest BCUT2D eigenvalue weighted by molar-refractivity contribution is 6.30. The Labute approximate surface area is 145 Å². The molecule has 0 saturated carbocycles. The van der Waals surface area contributed by atoms with Gasteiger partial charge < -0.3 is 15.8 Å². The minimum absolute atomic E-state index is 0.257. The molecule has 0 radical (unpaired) electrons. The molecular weight excluding hydrogens is 361 g/mol. The number of ether oxygens (including phenoxy) is 1. The average molecular weight is 373 g/mol. The molecule has 132 valence electrons. The van der Waals surface area contributed by atoms with Gasteiger partial charge in [0.1, 0.15) is 0 Å². The van der Waals surface area contributed by atoms with Crippen LogP contribution in [0.25, 0.3) is 0 Å². The molecule has 1 amide bonds. The van der Waals surface area contributed by atoms with Gasteiger partial charge in [0, 0.05) is 16.4 Å². The summed E-state index contributed by atoms with van der Waals surface area (Å²) in [7, 11) is 0. The molecule has 0 heterocycles. The minimum Gasteiger partial charge on any atom is -0.452 e. The second-order valence-electron chi connectivity index (χ2n) is 4.93. The Balaban J connectivity index is 1.95. The van der Waals surface area contributed by atoms with Crippen LogP contribution in [-0.4, -0.2) is 18.5 Å². The summed E-state index contributed by atoms with van der Waals surface area (Å²) in [6.07, 6.45) is -4.57. The Bertz CT molecular complexity index is 792. The molecule has 0 spiro atoms. The van der Waals surface area contributed by atoms with E-state index in [0.717, 1.165) is 6.07 Å². The van der Waals surface area contributed by atoms with Gasteiger partial charge in [0.15, 0.2) is 6.61 Å².